The van der Waals surface area contributed by atoms with E-state index in [1.165, 1.54) is 27.3 Å². The fraction of sp³-hybridized carbons (Fsp3) is 0. The van der Waals surface area contributed by atoms with E-state index >= 15 is 0 Å². The lowest BCUT2D eigenvalue weighted by Crippen LogP contribution is -2.13. The van der Waals surface area contributed by atoms with Crippen molar-refractivity contribution in [3.63, 3.8) is 0 Å². The highest BCUT2D eigenvalue weighted by Crippen LogP contribution is 2.47. The summed E-state index contributed by atoms with van der Waals surface area (Å²) in [6, 6.07) is 64.9. The van der Waals surface area contributed by atoms with Crippen LogP contribution in [0.1, 0.15) is 11.1 Å². The van der Waals surface area contributed by atoms with Crippen molar-refractivity contribution >= 4 is 55.1 Å². The van der Waals surface area contributed by atoms with Crippen LogP contribution in [0.3, 0.4) is 0 Å². The van der Waals surface area contributed by atoms with Crippen LogP contribution in [0, 0.1) is 0 Å². The molecule has 246 valence electrons. The maximum Gasteiger partial charge on any atom is 0.135 e. The lowest BCUT2D eigenvalue weighted by molar-refractivity contribution is 0.615. The number of rotatable bonds is 8. The van der Waals surface area contributed by atoms with Crippen LogP contribution in [-0.4, -0.2) is 0 Å². The van der Waals surface area contributed by atoms with Crippen molar-refractivity contribution in [1.29, 1.82) is 0 Å². The van der Waals surface area contributed by atoms with Gasteiger partial charge in [-0.25, -0.2) is 0 Å². The van der Waals surface area contributed by atoms with Crippen molar-refractivity contribution in [2.24, 2.45) is 0 Å². The maximum absolute atomic E-state index is 6.27. The molecule has 0 aliphatic rings. The molecule has 2 nitrogen and oxygen atoms in total. The van der Waals surface area contributed by atoms with E-state index in [-0.39, 0.29) is 0 Å². The molecule has 0 unspecified atom stereocenters. The fourth-order valence-electron chi connectivity index (χ4n) is 7.37. The highest BCUT2D eigenvalue weighted by Gasteiger charge is 2.24. The molecule has 1 aromatic heterocycles. The van der Waals surface area contributed by atoms with E-state index in [0.717, 1.165) is 61.2 Å². The van der Waals surface area contributed by atoms with Gasteiger partial charge < -0.3 is 9.32 Å². The van der Waals surface area contributed by atoms with Crippen molar-refractivity contribution in [1.82, 2.24) is 0 Å². The quantitative estimate of drug-likeness (QED) is 0.150. The molecule has 0 atom stereocenters. The standard InChI is InChI=1S/C50H35NO/c1-2-15-43(47-34-52-50-33-40-23-12-11-22-39(40)32-46(47)50)44-24-13-14-25-48(44)51(42-28-26-36-18-9-10-21-38(36)30-42)49-29-27-41(35-16-5-3-6-17-35)31-45(49)37-19-7-4-8-20-37/h2-34H,1H2/b43-15-. The number of anilines is 3. The zero-order chi connectivity index (χ0) is 34.9. The van der Waals surface area contributed by atoms with Gasteiger partial charge in [0.15, 0.2) is 0 Å². The summed E-state index contributed by atoms with van der Waals surface area (Å²) in [6.07, 6.45) is 5.87. The second kappa shape index (κ2) is 13.4. The van der Waals surface area contributed by atoms with Crippen LogP contribution in [0.25, 0.3) is 60.3 Å². The van der Waals surface area contributed by atoms with Gasteiger partial charge in [0, 0.05) is 27.8 Å². The number of nitrogens with zero attached hydrogens (tertiary/aromatic N) is 1. The molecule has 0 saturated heterocycles. The number of para-hydroxylation sites is 1. The predicted molar refractivity (Wildman–Crippen MR) is 220 cm³/mol. The molecule has 0 saturated carbocycles. The SMILES string of the molecule is C=C/C=C(/c1ccccc1N(c1ccc2ccccc2c1)c1ccc(-c2ccccc2)cc1-c1ccccc1)c1coc2cc3ccccc3cc12. The highest BCUT2D eigenvalue weighted by atomic mass is 16.3. The van der Waals surface area contributed by atoms with Gasteiger partial charge in [0.2, 0.25) is 0 Å². The number of furan rings is 1. The van der Waals surface area contributed by atoms with Crippen LogP contribution < -0.4 is 4.90 Å². The van der Waals surface area contributed by atoms with Crippen molar-refractivity contribution < 1.29 is 4.42 Å². The third-order valence-electron chi connectivity index (χ3n) is 9.87. The van der Waals surface area contributed by atoms with E-state index < -0.39 is 0 Å². The molecule has 0 N–H and O–H groups in total. The van der Waals surface area contributed by atoms with Crippen LogP contribution in [0.4, 0.5) is 17.1 Å². The summed E-state index contributed by atoms with van der Waals surface area (Å²) in [5.74, 6) is 0. The number of benzene rings is 8. The average molecular weight is 666 g/mol. The molecule has 0 bridgehead atoms. The Bertz CT molecular complexity index is 2750. The van der Waals surface area contributed by atoms with Crippen LogP contribution in [-0.2, 0) is 0 Å². The van der Waals surface area contributed by atoms with Crippen LogP contribution in [0.2, 0.25) is 0 Å². The zero-order valence-electron chi connectivity index (χ0n) is 28.6. The van der Waals surface area contributed by atoms with Gasteiger partial charge in [-0.3, -0.25) is 0 Å². The van der Waals surface area contributed by atoms with E-state index in [4.69, 9.17) is 4.42 Å². The lowest BCUT2D eigenvalue weighted by atomic mass is 9.92. The molecule has 0 aliphatic carbocycles. The summed E-state index contributed by atoms with van der Waals surface area (Å²) < 4.78 is 6.27. The molecule has 8 aromatic carbocycles. The summed E-state index contributed by atoms with van der Waals surface area (Å²) in [5, 5.41) is 5.77. The molecule has 0 amide bonds. The van der Waals surface area contributed by atoms with Crippen molar-refractivity contribution in [3.05, 3.63) is 218 Å². The first-order valence-electron chi connectivity index (χ1n) is 17.6. The lowest BCUT2D eigenvalue weighted by Gasteiger charge is -2.31. The fourth-order valence-corrected chi connectivity index (χ4v) is 7.37. The number of hydrogen-bond donors (Lipinski definition) is 0. The second-order valence-electron chi connectivity index (χ2n) is 13.0. The number of fused-ring (bicyclic) bond motifs is 3. The van der Waals surface area contributed by atoms with Gasteiger partial charge >= 0.3 is 0 Å². The molecule has 9 rings (SSSR count). The minimum Gasteiger partial charge on any atom is -0.464 e. The van der Waals surface area contributed by atoms with Gasteiger partial charge in [0.05, 0.1) is 17.6 Å². The van der Waals surface area contributed by atoms with E-state index in [1.807, 2.05) is 12.3 Å². The molecule has 1 heterocycles. The first-order chi connectivity index (χ1) is 25.7. The Hall–Kier alpha value is -6.90. The Labute approximate surface area is 303 Å². The monoisotopic (exact) mass is 665 g/mol. The second-order valence-corrected chi connectivity index (χ2v) is 13.0. The summed E-state index contributed by atoms with van der Waals surface area (Å²) in [5.41, 5.74) is 11.8. The molecule has 9 aromatic rings. The third-order valence-corrected chi connectivity index (χ3v) is 9.87. The van der Waals surface area contributed by atoms with Crippen molar-refractivity contribution in [3.8, 4) is 22.3 Å². The Morgan fingerprint density at radius 3 is 1.87 bits per heavy atom. The molecule has 0 fully saturated rings. The van der Waals surface area contributed by atoms with E-state index in [0.29, 0.717) is 0 Å². The van der Waals surface area contributed by atoms with Crippen LogP contribution in [0.15, 0.2) is 211 Å². The van der Waals surface area contributed by atoms with E-state index in [2.05, 4.69) is 200 Å². The third kappa shape index (κ3) is 5.67. The van der Waals surface area contributed by atoms with Gasteiger partial charge in [-0.05, 0) is 86.3 Å². The summed E-state index contributed by atoms with van der Waals surface area (Å²) in [7, 11) is 0. The molecule has 2 heteroatoms. The molecule has 0 spiro atoms. The minimum atomic E-state index is 0.857. The highest BCUT2D eigenvalue weighted by molar-refractivity contribution is 6.05. The van der Waals surface area contributed by atoms with Gasteiger partial charge in [0.25, 0.3) is 0 Å². The molecule has 52 heavy (non-hydrogen) atoms. The van der Waals surface area contributed by atoms with Crippen LogP contribution >= 0.6 is 0 Å². The Morgan fingerprint density at radius 2 is 1.12 bits per heavy atom. The topological polar surface area (TPSA) is 16.4 Å². The zero-order valence-corrected chi connectivity index (χ0v) is 28.6. The smallest absolute Gasteiger partial charge is 0.135 e. The molecular formula is C50H35NO. The van der Waals surface area contributed by atoms with Gasteiger partial charge in [-0.1, -0.05) is 158 Å². The van der Waals surface area contributed by atoms with E-state index in [9.17, 15) is 0 Å². The number of allylic oxidation sites excluding steroid dienone is 2. The molecule has 0 aliphatic heterocycles. The van der Waals surface area contributed by atoms with Gasteiger partial charge in [0.1, 0.15) is 5.58 Å². The average Bonchev–Trinajstić information content (AvgIpc) is 3.62. The minimum absolute atomic E-state index is 0.857. The normalized spacial score (nSPS) is 11.7. The molecular weight excluding hydrogens is 631 g/mol. The van der Waals surface area contributed by atoms with Crippen LogP contribution in [0.5, 0.6) is 0 Å². The summed E-state index contributed by atoms with van der Waals surface area (Å²) >= 11 is 0. The maximum atomic E-state index is 6.27. The molecule has 0 radical (unpaired) electrons. The predicted octanol–water partition coefficient (Wildman–Crippen LogP) is 14.2. The Morgan fingerprint density at radius 1 is 0.481 bits per heavy atom. The van der Waals surface area contributed by atoms with Gasteiger partial charge in [-0.15, -0.1) is 0 Å². The Kier molecular flexibility index (Phi) is 8.03. The van der Waals surface area contributed by atoms with Crippen molar-refractivity contribution in [2.45, 2.75) is 0 Å². The van der Waals surface area contributed by atoms with Crippen molar-refractivity contribution in [2.75, 3.05) is 4.90 Å². The first-order valence-corrected chi connectivity index (χ1v) is 17.6. The van der Waals surface area contributed by atoms with Gasteiger partial charge in [-0.2, -0.15) is 0 Å². The Balaban J connectivity index is 1.31. The van der Waals surface area contributed by atoms with E-state index in [1.54, 1.807) is 0 Å². The summed E-state index contributed by atoms with van der Waals surface area (Å²) in [4.78, 5) is 2.41. The largest absolute Gasteiger partial charge is 0.464 e. The summed E-state index contributed by atoms with van der Waals surface area (Å²) in [6.45, 7) is 4.16. The first kappa shape index (κ1) is 31.1. The number of hydrogen-bond acceptors (Lipinski definition) is 2.